The van der Waals surface area contributed by atoms with E-state index in [9.17, 15) is 0 Å². The molecule has 4 nitrogen and oxygen atoms in total. The van der Waals surface area contributed by atoms with Crippen molar-refractivity contribution in [3.05, 3.63) is 23.8 Å². The average molecular weight is 294 g/mol. The summed E-state index contributed by atoms with van der Waals surface area (Å²) in [6.45, 7) is 8.99. The van der Waals surface area contributed by atoms with Crippen LogP contribution in [-0.4, -0.2) is 45.3 Å². The predicted octanol–water partition coefficient (Wildman–Crippen LogP) is 2.77. The van der Waals surface area contributed by atoms with Crippen LogP contribution in [0.4, 0.5) is 0 Å². The third-order valence-electron chi connectivity index (χ3n) is 3.46. The largest absolute Gasteiger partial charge is 0.493 e. The van der Waals surface area contributed by atoms with Gasteiger partial charge in [0.1, 0.15) is 0 Å². The third-order valence-corrected chi connectivity index (χ3v) is 3.46. The molecule has 0 aliphatic rings. The summed E-state index contributed by atoms with van der Waals surface area (Å²) in [5.41, 5.74) is 1.21. The SMILES string of the molecule is CCOc1cc(CNC(CN(C)C)C(C)C)ccc1OC. The van der Waals surface area contributed by atoms with Crippen molar-refractivity contribution in [2.45, 2.75) is 33.4 Å². The van der Waals surface area contributed by atoms with Crippen LogP contribution < -0.4 is 14.8 Å². The van der Waals surface area contributed by atoms with E-state index < -0.39 is 0 Å². The summed E-state index contributed by atoms with van der Waals surface area (Å²) in [5, 5.41) is 3.64. The molecule has 0 aromatic heterocycles. The molecule has 1 unspecified atom stereocenters. The molecule has 0 saturated carbocycles. The lowest BCUT2D eigenvalue weighted by molar-refractivity contribution is 0.287. The Morgan fingerprint density at radius 2 is 1.90 bits per heavy atom. The van der Waals surface area contributed by atoms with Crippen LogP contribution in [0.1, 0.15) is 26.3 Å². The Kier molecular flexibility index (Phi) is 7.54. The number of hydrogen-bond acceptors (Lipinski definition) is 4. The lowest BCUT2D eigenvalue weighted by Crippen LogP contribution is -2.41. The molecule has 1 rings (SSSR count). The van der Waals surface area contributed by atoms with Crippen LogP contribution in [-0.2, 0) is 6.54 Å². The molecule has 0 fully saturated rings. The maximum absolute atomic E-state index is 5.63. The molecule has 21 heavy (non-hydrogen) atoms. The highest BCUT2D eigenvalue weighted by Crippen LogP contribution is 2.28. The number of rotatable bonds is 9. The summed E-state index contributed by atoms with van der Waals surface area (Å²) in [5.74, 6) is 2.19. The van der Waals surface area contributed by atoms with Crippen molar-refractivity contribution in [1.29, 1.82) is 0 Å². The van der Waals surface area contributed by atoms with E-state index in [0.29, 0.717) is 18.6 Å². The van der Waals surface area contributed by atoms with E-state index in [-0.39, 0.29) is 0 Å². The van der Waals surface area contributed by atoms with Crippen molar-refractivity contribution in [3.8, 4) is 11.5 Å². The Hall–Kier alpha value is -1.26. The van der Waals surface area contributed by atoms with Gasteiger partial charge >= 0.3 is 0 Å². The number of hydrogen-bond donors (Lipinski definition) is 1. The molecule has 120 valence electrons. The summed E-state index contributed by atoms with van der Waals surface area (Å²) in [6, 6.07) is 6.58. The maximum Gasteiger partial charge on any atom is 0.161 e. The lowest BCUT2D eigenvalue weighted by atomic mass is 10.0. The monoisotopic (exact) mass is 294 g/mol. The van der Waals surface area contributed by atoms with Crippen molar-refractivity contribution in [2.75, 3.05) is 34.4 Å². The highest BCUT2D eigenvalue weighted by atomic mass is 16.5. The van der Waals surface area contributed by atoms with Crippen molar-refractivity contribution in [3.63, 3.8) is 0 Å². The van der Waals surface area contributed by atoms with E-state index in [1.165, 1.54) is 5.56 Å². The molecule has 0 spiro atoms. The number of ether oxygens (including phenoxy) is 2. The fourth-order valence-electron chi connectivity index (χ4n) is 2.25. The molecule has 1 atom stereocenters. The van der Waals surface area contributed by atoms with Crippen LogP contribution in [0.3, 0.4) is 0 Å². The fraction of sp³-hybridized carbons (Fsp3) is 0.647. The van der Waals surface area contributed by atoms with Gasteiger partial charge in [-0.25, -0.2) is 0 Å². The van der Waals surface area contributed by atoms with Gasteiger partial charge in [0.25, 0.3) is 0 Å². The second-order valence-corrected chi connectivity index (χ2v) is 5.91. The second-order valence-electron chi connectivity index (χ2n) is 5.91. The standard InChI is InChI=1S/C17H30N2O2/c1-7-21-17-10-14(8-9-16(17)20-6)11-18-15(13(2)3)12-19(4)5/h8-10,13,15,18H,7,11-12H2,1-6H3. The van der Waals surface area contributed by atoms with E-state index >= 15 is 0 Å². The number of nitrogens with one attached hydrogen (secondary N) is 1. The normalized spacial score (nSPS) is 12.8. The molecule has 0 bridgehead atoms. The van der Waals surface area contributed by atoms with Gasteiger partial charge < -0.3 is 19.7 Å². The van der Waals surface area contributed by atoms with E-state index in [4.69, 9.17) is 9.47 Å². The van der Waals surface area contributed by atoms with Crippen LogP contribution in [0, 0.1) is 5.92 Å². The van der Waals surface area contributed by atoms with E-state index in [2.05, 4.69) is 50.3 Å². The van der Waals surface area contributed by atoms with Gasteiger partial charge in [-0.2, -0.15) is 0 Å². The Morgan fingerprint density at radius 1 is 1.19 bits per heavy atom. The topological polar surface area (TPSA) is 33.7 Å². The Bertz CT molecular complexity index is 419. The fourth-order valence-corrected chi connectivity index (χ4v) is 2.25. The number of nitrogens with zero attached hydrogens (tertiary/aromatic N) is 1. The first-order valence-electron chi connectivity index (χ1n) is 7.65. The molecule has 1 N–H and O–H groups in total. The number of benzene rings is 1. The van der Waals surface area contributed by atoms with Gasteiger partial charge in [0.15, 0.2) is 11.5 Å². The van der Waals surface area contributed by atoms with Gasteiger partial charge in [0, 0.05) is 19.1 Å². The quantitative estimate of drug-likeness (QED) is 0.759. The lowest BCUT2D eigenvalue weighted by Gasteiger charge is -2.26. The molecule has 0 radical (unpaired) electrons. The zero-order valence-corrected chi connectivity index (χ0v) is 14.3. The third kappa shape index (κ3) is 5.94. The van der Waals surface area contributed by atoms with Crippen LogP contribution in [0.15, 0.2) is 18.2 Å². The summed E-state index contributed by atoms with van der Waals surface area (Å²) in [4.78, 5) is 2.22. The first kappa shape index (κ1) is 17.8. The Balaban J connectivity index is 2.71. The average Bonchev–Trinajstić information content (AvgIpc) is 2.43. The van der Waals surface area contributed by atoms with Crippen molar-refractivity contribution < 1.29 is 9.47 Å². The Labute approximate surface area is 129 Å². The van der Waals surface area contributed by atoms with Gasteiger partial charge in [-0.05, 0) is 44.6 Å². The molecule has 0 heterocycles. The molecule has 0 aliphatic heterocycles. The zero-order chi connectivity index (χ0) is 15.8. The minimum absolute atomic E-state index is 0.470. The van der Waals surface area contributed by atoms with Gasteiger partial charge in [-0.3, -0.25) is 0 Å². The Morgan fingerprint density at radius 3 is 2.43 bits per heavy atom. The van der Waals surface area contributed by atoms with E-state index in [1.54, 1.807) is 7.11 Å². The molecule has 1 aromatic carbocycles. The van der Waals surface area contributed by atoms with Crippen molar-refractivity contribution >= 4 is 0 Å². The van der Waals surface area contributed by atoms with Gasteiger partial charge in [-0.15, -0.1) is 0 Å². The number of methoxy groups -OCH3 is 1. The zero-order valence-electron chi connectivity index (χ0n) is 14.3. The summed E-state index contributed by atoms with van der Waals surface area (Å²) < 4.78 is 10.9. The molecule has 0 aliphatic carbocycles. The molecule has 4 heteroatoms. The van der Waals surface area contributed by atoms with E-state index in [0.717, 1.165) is 24.6 Å². The second kappa shape index (κ2) is 8.90. The highest BCUT2D eigenvalue weighted by molar-refractivity contribution is 5.42. The minimum Gasteiger partial charge on any atom is -0.493 e. The summed E-state index contributed by atoms with van der Waals surface area (Å²) in [6.07, 6.45) is 0. The van der Waals surface area contributed by atoms with Gasteiger partial charge in [-0.1, -0.05) is 19.9 Å². The number of likely N-dealkylation sites (N-methyl/N-ethyl adjacent to an activating group) is 1. The smallest absolute Gasteiger partial charge is 0.161 e. The van der Waals surface area contributed by atoms with Crippen molar-refractivity contribution in [2.24, 2.45) is 5.92 Å². The minimum atomic E-state index is 0.470. The van der Waals surface area contributed by atoms with E-state index in [1.807, 2.05) is 13.0 Å². The molecular weight excluding hydrogens is 264 g/mol. The van der Waals surface area contributed by atoms with Crippen LogP contribution in [0.5, 0.6) is 11.5 Å². The van der Waals surface area contributed by atoms with Gasteiger partial charge in [0.2, 0.25) is 0 Å². The van der Waals surface area contributed by atoms with Crippen LogP contribution in [0.25, 0.3) is 0 Å². The predicted molar refractivity (Wildman–Crippen MR) is 88.2 cm³/mol. The molecule has 0 saturated heterocycles. The maximum atomic E-state index is 5.63. The van der Waals surface area contributed by atoms with Gasteiger partial charge in [0.05, 0.1) is 13.7 Å². The van der Waals surface area contributed by atoms with Crippen LogP contribution in [0.2, 0.25) is 0 Å². The molecule has 1 aromatic rings. The summed E-state index contributed by atoms with van der Waals surface area (Å²) >= 11 is 0. The molecule has 0 amide bonds. The van der Waals surface area contributed by atoms with Crippen molar-refractivity contribution in [1.82, 2.24) is 10.2 Å². The highest BCUT2D eigenvalue weighted by Gasteiger charge is 2.14. The molecular formula is C17H30N2O2. The van der Waals surface area contributed by atoms with Crippen LogP contribution >= 0.6 is 0 Å². The first-order valence-corrected chi connectivity index (χ1v) is 7.65. The first-order chi connectivity index (χ1) is 9.97. The summed E-state index contributed by atoms with van der Waals surface area (Å²) in [7, 11) is 5.89.